The van der Waals surface area contributed by atoms with Gasteiger partial charge in [-0.05, 0) is 33.2 Å². The molecule has 1 aliphatic rings. The van der Waals surface area contributed by atoms with Crippen LogP contribution in [0.3, 0.4) is 0 Å². The molecule has 1 rings (SSSR count). The number of rotatable bonds is 4. The highest BCUT2D eigenvalue weighted by molar-refractivity contribution is 4.92. The molecule has 2 N–H and O–H groups in total. The van der Waals surface area contributed by atoms with Gasteiger partial charge in [0, 0.05) is 18.1 Å². The summed E-state index contributed by atoms with van der Waals surface area (Å²) in [6.07, 6.45) is 10.8. The third-order valence-electron chi connectivity index (χ3n) is 4.66. The van der Waals surface area contributed by atoms with Crippen LogP contribution in [-0.4, -0.2) is 30.1 Å². The fourth-order valence-electron chi connectivity index (χ4n) is 3.01. The van der Waals surface area contributed by atoms with E-state index in [1.807, 2.05) is 0 Å². The minimum atomic E-state index is 0.288. The van der Waals surface area contributed by atoms with Gasteiger partial charge in [0.15, 0.2) is 0 Å². The molecule has 0 aromatic rings. The van der Waals surface area contributed by atoms with Gasteiger partial charge in [-0.1, -0.05) is 39.0 Å². The topological polar surface area (TPSA) is 29.3 Å². The van der Waals surface area contributed by atoms with Crippen molar-refractivity contribution < 1.29 is 0 Å². The monoisotopic (exact) mass is 226 g/mol. The first-order chi connectivity index (χ1) is 7.66. The fourth-order valence-corrected chi connectivity index (χ4v) is 3.01. The lowest BCUT2D eigenvalue weighted by Gasteiger charge is -2.45. The van der Waals surface area contributed by atoms with Gasteiger partial charge in [-0.25, -0.2) is 0 Å². The van der Waals surface area contributed by atoms with E-state index in [4.69, 9.17) is 5.73 Å². The summed E-state index contributed by atoms with van der Waals surface area (Å²) in [6.45, 7) is 5.43. The van der Waals surface area contributed by atoms with E-state index in [0.717, 1.165) is 6.54 Å². The molecule has 0 aromatic carbocycles. The zero-order chi connectivity index (χ0) is 12.0. The SMILES string of the molecule is CCC(C)N(C)C1(CN)CCCCCCC1. The Kier molecular flexibility index (Phi) is 5.77. The molecule has 0 heterocycles. The van der Waals surface area contributed by atoms with Crippen molar-refractivity contribution >= 4 is 0 Å². The van der Waals surface area contributed by atoms with Crippen LogP contribution in [0.4, 0.5) is 0 Å². The molecular weight excluding hydrogens is 196 g/mol. The van der Waals surface area contributed by atoms with E-state index in [-0.39, 0.29) is 5.54 Å². The molecule has 0 bridgehead atoms. The summed E-state index contributed by atoms with van der Waals surface area (Å²) >= 11 is 0. The Balaban J connectivity index is 2.71. The lowest BCUT2D eigenvalue weighted by atomic mass is 9.82. The van der Waals surface area contributed by atoms with Gasteiger partial charge in [0.25, 0.3) is 0 Å². The Morgan fingerprint density at radius 2 is 1.62 bits per heavy atom. The summed E-state index contributed by atoms with van der Waals surface area (Å²) in [5.74, 6) is 0. The second-order valence-corrected chi connectivity index (χ2v) is 5.56. The Hall–Kier alpha value is -0.0800. The molecule has 1 fully saturated rings. The highest BCUT2D eigenvalue weighted by atomic mass is 15.2. The molecule has 0 aliphatic heterocycles. The van der Waals surface area contributed by atoms with Crippen LogP contribution in [-0.2, 0) is 0 Å². The molecule has 1 atom stereocenters. The Morgan fingerprint density at radius 1 is 1.12 bits per heavy atom. The largest absolute Gasteiger partial charge is 0.329 e. The second kappa shape index (κ2) is 6.61. The first kappa shape index (κ1) is 14.0. The number of hydrogen-bond donors (Lipinski definition) is 1. The maximum Gasteiger partial charge on any atom is 0.0331 e. The zero-order valence-corrected chi connectivity index (χ0v) is 11.5. The summed E-state index contributed by atoms with van der Waals surface area (Å²) in [7, 11) is 2.28. The second-order valence-electron chi connectivity index (χ2n) is 5.56. The first-order valence-electron chi connectivity index (χ1n) is 7.09. The van der Waals surface area contributed by atoms with Gasteiger partial charge < -0.3 is 5.73 Å². The lowest BCUT2D eigenvalue weighted by molar-refractivity contribution is 0.0573. The van der Waals surface area contributed by atoms with E-state index in [1.165, 1.54) is 51.4 Å². The highest BCUT2D eigenvalue weighted by Gasteiger charge is 2.34. The summed E-state index contributed by atoms with van der Waals surface area (Å²) < 4.78 is 0. The summed E-state index contributed by atoms with van der Waals surface area (Å²) in [5, 5.41) is 0. The molecule has 96 valence electrons. The smallest absolute Gasteiger partial charge is 0.0331 e. The molecule has 1 aliphatic carbocycles. The van der Waals surface area contributed by atoms with Gasteiger partial charge >= 0.3 is 0 Å². The lowest BCUT2D eigenvalue weighted by Crippen LogP contribution is -2.55. The van der Waals surface area contributed by atoms with Crippen molar-refractivity contribution in [2.24, 2.45) is 5.73 Å². The minimum Gasteiger partial charge on any atom is -0.329 e. The van der Waals surface area contributed by atoms with Crippen LogP contribution in [0.5, 0.6) is 0 Å². The van der Waals surface area contributed by atoms with Gasteiger partial charge in [-0.3, -0.25) is 4.90 Å². The van der Waals surface area contributed by atoms with E-state index in [9.17, 15) is 0 Å². The van der Waals surface area contributed by atoms with Crippen molar-refractivity contribution in [1.82, 2.24) is 4.90 Å². The Morgan fingerprint density at radius 3 is 2.06 bits per heavy atom. The van der Waals surface area contributed by atoms with E-state index in [2.05, 4.69) is 25.8 Å². The Labute approximate surface area is 102 Å². The molecule has 0 saturated heterocycles. The van der Waals surface area contributed by atoms with Crippen molar-refractivity contribution in [3.63, 3.8) is 0 Å². The average Bonchev–Trinajstić information content (AvgIpc) is 2.28. The normalized spacial score (nSPS) is 23.8. The van der Waals surface area contributed by atoms with Gasteiger partial charge in [-0.2, -0.15) is 0 Å². The van der Waals surface area contributed by atoms with Crippen molar-refractivity contribution in [1.29, 1.82) is 0 Å². The third kappa shape index (κ3) is 3.21. The number of hydrogen-bond acceptors (Lipinski definition) is 2. The van der Waals surface area contributed by atoms with Crippen molar-refractivity contribution in [2.45, 2.75) is 76.8 Å². The predicted molar refractivity (Wildman–Crippen MR) is 71.6 cm³/mol. The predicted octanol–water partition coefficient (Wildman–Crippen LogP) is 3.16. The molecular formula is C14H30N2. The van der Waals surface area contributed by atoms with Gasteiger partial charge in [-0.15, -0.1) is 0 Å². The fraction of sp³-hybridized carbons (Fsp3) is 1.00. The summed E-state index contributed by atoms with van der Waals surface area (Å²) in [6, 6.07) is 0.656. The molecule has 16 heavy (non-hydrogen) atoms. The molecule has 1 saturated carbocycles. The van der Waals surface area contributed by atoms with Crippen molar-refractivity contribution in [2.75, 3.05) is 13.6 Å². The number of nitrogens with zero attached hydrogens (tertiary/aromatic N) is 1. The standard InChI is InChI=1S/C14H30N2/c1-4-13(2)16(3)14(12-15)10-8-6-5-7-9-11-14/h13H,4-12,15H2,1-3H3. The number of nitrogens with two attached hydrogens (primary N) is 1. The van der Waals surface area contributed by atoms with Crippen LogP contribution >= 0.6 is 0 Å². The molecule has 2 heteroatoms. The highest BCUT2D eigenvalue weighted by Crippen LogP contribution is 2.31. The van der Waals surface area contributed by atoms with Crippen LogP contribution in [0.1, 0.15) is 65.2 Å². The van der Waals surface area contributed by atoms with E-state index >= 15 is 0 Å². The van der Waals surface area contributed by atoms with Crippen LogP contribution in [0.15, 0.2) is 0 Å². The van der Waals surface area contributed by atoms with Crippen LogP contribution < -0.4 is 5.73 Å². The quantitative estimate of drug-likeness (QED) is 0.798. The minimum absolute atomic E-state index is 0.288. The molecule has 1 unspecified atom stereocenters. The van der Waals surface area contributed by atoms with E-state index < -0.39 is 0 Å². The van der Waals surface area contributed by atoms with E-state index in [1.54, 1.807) is 0 Å². The summed E-state index contributed by atoms with van der Waals surface area (Å²) in [4.78, 5) is 2.57. The zero-order valence-electron chi connectivity index (χ0n) is 11.5. The molecule has 2 nitrogen and oxygen atoms in total. The maximum absolute atomic E-state index is 6.11. The molecule has 0 radical (unpaired) electrons. The van der Waals surface area contributed by atoms with Gasteiger partial charge in [0.1, 0.15) is 0 Å². The average molecular weight is 226 g/mol. The van der Waals surface area contributed by atoms with Crippen LogP contribution in [0.2, 0.25) is 0 Å². The number of likely N-dealkylation sites (N-methyl/N-ethyl adjacent to an activating group) is 1. The van der Waals surface area contributed by atoms with Crippen molar-refractivity contribution in [3.8, 4) is 0 Å². The van der Waals surface area contributed by atoms with Crippen LogP contribution in [0.25, 0.3) is 0 Å². The van der Waals surface area contributed by atoms with Gasteiger partial charge in [0.05, 0.1) is 0 Å². The van der Waals surface area contributed by atoms with Crippen LogP contribution in [0, 0.1) is 0 Å². The Bertz CT molecular complexity index is 183. The summed E-state index contributed by atoms with van der Waals surface area (Å²) in [5.41, 5.74) is 6.40. The first-order valence-corrected chi connectivity index (χ1v) is 7.09. The maximum atomic E-state index is 6.11. The molecule has 0 aromatic heterocycles. The molecule has 0 spiro atoms. The van der Waals surface area contributed by atoms with E-state index in [0.29, 0.717) is 6.04 Å². The third-order valence-corrected chi connectivity index (χ3v) is 4.66. The molecule has 0 amide bonds. The van der Waals surface area contributed by atoms with Crippen molar-refractivity contribution in [3.05, 3.63) is 0 Å². The van der Waals surface area contributed by atoms with Gasteiger partial charge in [0.2, 0.25) is 0 Å².